The largest absolute Gasteiger partial charge is 0.481 e. The molecule has 0 fully saturated rings. The number of halogens is 3. The van der Waals surface area contributed by atoms with E-state index in [0.29, 0.717) is 12.2 Å². The Balaban J connectivity index is 1.67. The number of imidazole rings is 1. The van der Waals surface area contributed by atoms with Gasteiger partial charge in [0.15, 0.2) is 5.69 Å². The van der Waals surface area contributed by atoms with Gasteiger partial charge in [0.2, 0.25) is 0 Å². The SMILES string of the molecule is CCCC(Nc1ccc(-n2cnc(C(F)(F)F)c2)cc1)c1ccc(NCCC(=O)O)cc1. The van der Waals surface area contributed by atoms with Crippen LogP contribution in [0.15, 0.2) is 61.1 Å². The van der Waals surface area contributed by atoms with Crippen molar-refractivity contribution in [3.8, 4) is 5.69 Å². The Bertz CT molecular complexity index is 1010. The molecule has 0 aliphatic carbocycles. The minimum Gasteiger partial charge on any atom is -0.481 e. The Hall–Kier alpha value is -3.49. The predicted octanol–water partition coefficient (Wildman–Crippen LogP) is 5.73. The third-order valence-corrected chi connectivity index (χ3v) is 4.94. The quantitative estimate of drug-likeness (QED) is 0.371. The van der Waals surface area contributed by atoms with Crippen molar-refractivity contribution < 1.29 is 23.1 Å². The molecule has 1 aromatic heterocycles. The lowest BCUT2D eigenvalue weighted by atomic mass is 10.0. The fraction of sp³-hybridized carbons (Fsp3) is 0.304. The van der Waals surface area contributed by atoms with Crippen molar-refractivity contribution in [3.63, 3.8) is 0 Å². The summed E-state index contributed by atoms with van der Waals surface area (Å²) < 4.78 is 39.6. The minimum atomic E-state index is -4.47. The van der Waals surface area contributed by atoms with Gasteiger partial charge in [0.05, 0.1) is 18.8 Å². The van der Waals surface area contributed by atoms with Gasteiger partial charge in [0.25, 0.3) is 0 Å². The van der Waals surface area contributed by atoms with E-state index >= 15 is 0 Å². The molecule has 170 valence electrons. The summed E-state index contributed by atoms with van der Waals surface area (Å²) in [4.78, 5) is 14.0. The molecule has 0 aliphatic heterocycles. The molecule has 1 heterocycles. The summed E-state index contributed by atoms with van der Waals surface area (Å²) in [6.45, 7) is 2.45. The minimum absolute atomic E-state index is 0.0500. The maximum Gasteiger partial charge on any atom is 0.434 e. The van der Waals surface area contributed by atoms with Gasteiger partial charge in [-0.3, -0.25) is 4.79 Å². The number of rotatable bonds is 10. The monoisotopic (exact) mass is 446 g/mol. The van der Waals surface area contributed by atoms with Crippen molar-refractivity contribution in [1.29, 1.82) is 0 Å². The third-order valence-electron chi connectivity index (χ3n) is 4.94. The summed E-state index contributed by atoms with van der Waals surface area (Å²) in [6, 6.07) is 15.0. The number of hydrogen-bond acceptors (Lipinski definition) is 4. The highest BCUT2D eigenvalue weighted by molar-refractivity contribution is 5.67. The number of aromatic nitrogens is 2. The average Bonchev–Trinajstić information content (AvgIpc) is 3.25. The van der Waals surface area contributed by atoms with Crippen LogP contribution in [0.25, 0.3) is 5.69 Å². The highest BCUT2D eigenvalue weighted by atomic mass is 19.4. The first-order valence-corrected chi connectivity index (χ1v) is 10.3. The smallest absolute Gasteiger partial charge is 0.434 e. The Kier molecular flexibility index (Phi) is 7.40. The van der Waals surface area contributed by atoms with Crippen LogP contribution in [0.5, 0.6) is 0 Å². The van der Waals surface area contributed by atoms with Crippen LogP contribution in [0.3, 0.4) is 0 Å². The number of anilines is 2. The summed E-state index contributed by atoms with van der Waals surface area (Å²) in [7, 11) is 0. The van der Waals surface area contributed by atoms with Gasteiger partial charge in [-0.15, -0.1) is 0 Å². The fourth-order valence-corrected chi connectivity index (χ4v) is 3.30. The number of benzene rings is 2. The predicted molar refractivity (Wildman–Crippen MR) is 117 cm³/mol. The second-order valence-corrected chi connectivity index (χ2v) is 7.39. The van der Waals surface area contributed by atoms with Gasteiger partial charge in [-0.2, -0.15) is 13.2 Å². The van der Waals surface area contributed by atoms with Gasteiger partial charge in [-0.1, -0.05) is 25.5 Å². The van der Waals surface area contributed by atoms with Crippen LogP contribution in [0, 0.1) is 0 Å². The van der Waals surface area contributed by atoms with Crippen molar-refractivity contribution in [2.75, 3.05) is 17.2 Å². The van der Waals surface area contributed by atoms with Gasteiger partial charge in [-0.25, -0.2) is 4.98 Å². The molecule has 1 unspecified atom stereocenters. The molecule has 0 radical (unpaired) electrons. The van der Waals surface area contributed by atoms with Gasteiger partial charge in [0, 0.05) is 29.8 Å². The first kappa shape index (κ1) is 23.2. The standard InChI is InChI=1S/C23H25F3N4O2/c1-2-3-20(16-4-6-17(7-5-16)27-13-12-22(31)32)29-18-8-10-19(11-9-18)30-14-21(28-15-30)23(24,25)26/h4-11,14-15,20,27,29H,2-3,12-13H2,1H3,(H,31,32). The molecule has 0 spiro atoms. The van der Waals surface area contributed by atoms with Gasteiger partial charge >= 0.3 is 12.1 Å². The van der Waals surface area contributed by atoms with Crippen molar-refractivity contribution >= 4 is 17.3 Å². The summed E-state index contributed by atoms with van der Waals surface area (Å²) >= 11 is 0. The first-order valence-electron chi connectivity index (χ1n) is 10.3. The van der Waals surface area contributed by atoms with E-state index in [1.165, 1.54) is 4.57 Å². The Morgan fingerprint density at radius 1 is 1.09 bits per heavy atom. The van der Waals surface area contributed by atoms with Crippen LogP contribution in [0.2, 0.25) is 0 Å². The number of carboxylic acid groups (broad SMARTS) is 1. The molecule has 6 nitrogen and oxygen atoms in total. The van der Waals surface area contributed by atoms with E-state index in [0.717, 1.165) is 42.3 Å². The number of nitrogens with one attached hydrogen (secondary N) is 2. The topological polar surface area (TPSA) is 79.2 Å². The molecule has 0 aliphatic rings. The zero-order chi connectivity index (χ0) is 23.1. The molecule has 3 N–H and O–H groups in total. The van der Waals surface area contributed by atoms with Crippen LogP contribution in [-0.4, -0.2) is 27.2 Å². The fourth-order valence-electron chi connectivity index (χ4n) is 3.30. The highest BCUT2D eigenvalue weighted by Crippen LogP contribution is 2.29. The zero-order valence-corrected chi connectivity index (χ0v) is 17.6. The average molecular weight is 446 g/mol. The Morgan fingerprint density at radius 3 is 2.31 bits per heavy atom. The maximum absolute atomic E-state index is 12.8. The van der Waals surface area contributed by atoms with Gasteiger partial charge < -0.3 is 20.3 Å². The van der Waals surface area contributed by atoms with E-state index in [-0.39, 0.29) is 12.5 Å². The van der Waals surface area contributed by atoms with Crippen molar-refractivity contribution in [2.45, 2.75) is 38.4 Å². The van der Waals surface area contributed by atoms with Gasteiger partial charge in [-0.05, 0) is 48.4 Å². The molecule has 0 bridgehead atoms. The number of carboxylic acids is 1. The van der Waals surface area contributed by atoms with Crippen LogP contribution in [0.1, 0.15) is 43.5 Å². The maximum atomic E-state index is 12.8. The molecular formula is C23H25F3N4O2. The zero-order valence-electron chi connectivity index (χ0n) is 17.6. The Morgan fingerprint density at radius 2 is 1.75 bits per heavy atom. The van der Waals surface area contributed by atoms with Crippen molar-refractivity contribution in [3.05, 3.63) is 72.3 Å². The lowest BCUT2D eigenvalue weighted by Gasteiger charge is -2.21. The lowest BCUT2D eigenvalue weighted by Crippen LogP contribution is -2.11. The van der Waals surface area contributed by atoms with Crippen molar-refractivity contribution in [1.82, 2.24) is 9.55 Å². The summed E-state index contributed by atoms with van der Waals surface area (Å²) in [5, 5.41) is 15.3. The normalized spacial score (nSPS) is 12.4. The second kappa shape index (κ2) is 10.2. The lowest BCUT2D eigenvalue weighted by molar-refractivity contribution is -0.141. The molecule has 0 saturated heterocycles. The van der Waals surface area contributed by atoms with E-state index in [9.17, 15) is 18.0 Å². The number of carbonyl (C=O) groups is 1. The Labute approximate surface area is 184 Å². The molecule has 0 saturated carbocycles. The molecule has 3 rings (SSSR count). The number of hydrogen-bond donors (Lipinski definition) is 3. The molecule has 9 heteroatoms. The first-order chi connectivity index (χ1) is 15.3. The summed E-state index contributed by atoms with van der Waals surface area (Å²) in [6.07, 6.45) is -0.449. The van der Waals surface area contributed by atoms with Gasteiger partial charge in [0.1, 0.15) is 0 Å². The third kappa shape index (κ3) is 6.26. The summed E-state index contributed by atoms with van der Waals surface area (Å²) in [5.74, 6) is -0.846. The number of aliphatic carboxylic acids is 1. The highest BCUT2D eigenvalue weighted by Gasteiger charge is 2.33. The second-order valence-electron chi connectivity index (χ2n) is 7.39. The molecule has 1 atom stereocenters. The number of alkyl halides is 3. The van der Waals surface area contributed by atoms with Crippen LogP contribution in [0.4, 0.5) is 24.5 Å². The summed E-state index contributed by atoms with van der Waals surface area (Å²) in [5.41, 5.74) is 2.45. The molecule has 2 aromatic carbocycles. The van der Waals surface area contributed by atoms with Crippen LogP contribution < -0.4 is 10.6 Å². The van der Waals surface area contributed by atoms with E-state index in [1.54, 1.807) is 12.1 Å². The molecule has 32 heavy (non-hydrogen) atoms. The van der Waals surface area contributed by atoms with E-state index in [4.69, 9.17) is 5.11 Å². The van der Waals surface area contributed by atoms with E-state index < -0.39 is 17.8 Å². The van der Waals surface area contributed by atoms with Crippen LogP contribution in [-0.2, 0) is 11.0 Å². The van der Waals surface area contributed by atoms with E-state index in [2.05, 4.69) is 22.5 Å². The van der Waals surface area contributed by atoms with E-state index in [1.807, 2.05) is 36.4 Å². The molecule has 0 amide bonds. The van der Waals surface area contributed by atoms with Crippen LogP contribution >= 0.6 is 0 Å². The molecular weight excluding hydrogens is 421 g/mol. The molecule has 3 aromatic rings. The number of nitrogens with zero attached hydrogens (tertiary/aromatic N) is 2. The van der Waals surface area contributed by atoms with Crippen molar-refractivity contribution in [2.24, 2.45) is 0 Å².